The van der Waals surface area contributed by atoms with Gasteiger partial charge < -0.3 is 4.42 Å². The summed E-state index contributed by atoms with van der Waals surface area (Å²) in [5.74, 6) is 2.02. The lowest BCUT2D eigenvalue weighted by Gasteiger charge is -2.15. The third-order valence-electron chi connectivity index (χ3n) is 2.13. The van der Waals surface area contributed by atoms with Gasteiger partial charge in [0.15, 0.2) is 0 Å². The first-order valence-electron chi connectivity index (χ1n) is 5.94. The predicted octanol–water partition coefficient (Wildman–Crippen LogP) is 4.93. The zero-order chi connectivity index (χ0) is 12.4. The van der Waals surface area contributed by atoms with Gasteiger partial charge in [-0.3, -0.25) is 0 Å². The van der Waals surface area contributed by atoms with E-state index in [1.54, 1.807) is 0 Å². The van der Waals surface area contributed by atoms with E-state index in [9.17, 15) is 0 Å². The van der Waals surface area contributed by atoms with Crippen LogP contribution in [0.15, 0.2) is 22.6 Å². The molecule has 0 saturated heterocycles. The molecule has 1 heteroatoms. The quantitative estimate of drug-likeness (QED) is 0.689. The minimum Gasteiger partial charge on any atom is -0.462 e. The van der Waals surface area contributed by atoms with Gasteiger partial charge in [-0.25, -0.2) is 0 Å². The fourth-order valence-corrected chi connectivity index (χ4v) is 1.43. The molecule has 0 radical (unpaired) electrons. The van der Waals surface area contributed by atoms with E-state index in [1.807, 2.05) is 6.07 Å². The minimum atomic E-state index is 0.205. The first kappa shape index (κ1) is 13.1. The highest BCUT2D eigenvalue weighted by Gasteiger charge is 2.13. The summed E-state index contributed by atoms with van der Waals surface area (Å²) in [5, 5.41) is 0. The Morgan fingerprint density at radius 1 is 1.06 bits per heavy atom. The van der Waals surface area contributed by atoms with Crippen molar-refractivity contribution in [1.29, 1.82) is 0 Å². The molecular formula is C15H24O. The Bertz CT molecular complexity index is 356. The average molecular weight is 220 g/mol. The maximum atomic E-state index is 5.77. The van der Waals surface area contributed by atoms with Gasteiger partial charge in [0, 0.05) is 6.42 Å². The second kappa shape index (κ2) is 4.48. The van der Waals surface area contributed by atoms with Crippen LogP contribution in [0.4, 0.5) is 0 Å². The molecule has 0 aromatic carbocycles. The van der Waals surface area contributed by atoms with Gasteiger partial charge in [-0.1, -0.05) is 47.6 Å². The van der Waals surface area contributed by atoms with Crippen LogP contribution >= 0.6 is 0 Å². The molecule has 1 nitrogen and oxygen atoms in total. The lowest BCUT2D eigenvalue weighted by Crippen LogP contribution is -2.08. The maximum Gasteiger partial charge on any atom is 0.126 e. The Labute approximate surface area is 99.6 Å². The maximum absolute atomic E-state index is 5.77. The van der Waals surface area contributed by atoms with Gasteiger partial charge in [-0.05, 0) is 29.0 Å². The predicted molar refractivity (Wildman–Crippen MR) is 70.4 cm³/mol. The topological polar surface area (TPSA) is 13.1 Å². The van der Waals surface area contributed by atoms with Gasteiger partial charge >= 0.3 is 0 Å². The van der Waals surface area contributed by atoms with Crippen molar-refractivity contribution in [2.45, 2.75) is 48.0 Å². The van der Waals surface area contributed by atoms with Crippen LogP contribution in [0.5, 0.6) is 0 Å². The van der Waals surface area contributed by atoms with Crippen molar-refractivity contribution in [2.75, 3.05) is 0 Å². The molecule has 0 amide bonds. The molecule has 0 spiro atoms. The molecule has 0 unspecified atom stereocenters. The Morgan fingerprint density at radius 3 is 2.19 bits per heavy atom. The monoisotopic (exact) mass is 220 g/mol. The molecule has 0 aliphatic rings. The summed E-state index contributed by atoms with van der Waals surface area (Å²) in [4.78, 5) is 0. The molecule has 1 aromatic rings. The number of allylic oxidation sites excluding steroid dienone is 1. The third kappa shape index (κ3) is 5.20. The van der Waals surface area contributed by atoms with Crippen molar-refractivity contribution in [1.82, 2.24) is 0 Å². The molecule has 16 heavy (non-hydrogen) atoms. The summed E-state index contributed by atoms with van der Waals surface area (Å²) < 4.78 is 5.77. The lowest BCUT2D eigenvalue weighted by molar-refractivity contribution is 0.361. The van der Waals surface area contributed by atoms with Crippen molar-refractivity contribution >= 4 is 6.08 Å². The third-order valence-corrected chi connectivity index (χ3v) is 2.13. The Balaban J connectivity index is 2.69. The molecule has 0 atom stereocenters. The van der Waals surface area contributed by atoms with Crippen LogP contribution < -0.4 is 0 Å². The second-order valence-corrected chi connectivity index (χ2v) is 6.74. The molecular weight excluding hydrogens is 196 g/mol. The van der Waals surface area contributed by atoms with Crippen molar-refractivity contribution < 1.29 is 4.42 Å². The Morgan fingerprint density at radius 2 is 1.69 bits per heavy atom. The normalized spacial score (nSPS) is 13.6. The van der Waals surface area contributed by atoms with Crippen molar-refractivity contribution in [3.05, 3.63) is 29.7 Å². The van der Waals surface area contributed by atoms with Crippen LogP contribution in [0.1, 0.15) is 53.1 Å². The second-order valence-electron chi connectivity index (χ2n) is 6.74. The van der Waals surface area contributed by atoms with Crippen molar-refractivity contribution in [2.24, 2.45) is 10.8 Å². The molecule has 0 aliphatic heterocycles. The minimum absolute atomic E-state index is 0.205. The fourth-order valence-electron chi connectivity index (χ4n) is 1.43. The summed E-state index contributed by atoms with van der Waals surface area (Å²) in [5.41, 5.74) is 0.486. The van der Waals surface area contributed by atoms with E-state index in [0.29, 0.717) is 0 Å². The molecule has 0 aliphatic carbocycles. The first-order chi connectivity index (χ1) is 7.16. The molecule has 0 N–H and O–H groups in total. The largest absolute Gasteiger partial charge is 0.462 e. The standard InChI is InChI=1S/C15H24O/c1-14(2,3)10-9-12-7-8-13(16-12)11-15(4,5)6/h7-10H,11H2,1-6H3/b10-9+. The van der Waals surface area contributed by atoms with Crippen molar-refractivity contribution in [3.8, 4) is 0 Å². The van der Waals surface area contributed by atoms with E-state index in [2.05, 4.69) is 59.8 Å². The first-order valence-corrected chi connectivity index (χ1v) is 5.94. The van der Waals surface area contributed by atoms with Crippen LogP contribution in [-0.2, 0) is 6.42 Å². The van der Waals surface area contributed by atoms with Gasteiger partial charge in [-0.2, -0.15) is 0 Å². The molecule has 0 saturated carbocycles. The smallest absolute Gasteiger partial charge is 0.126 e. The number of hydrogen-bond acceptors (Lipinski definition) is 1. The van der Waals surface area contributed by atoms with Gasteiger partial charge in [0.1, 0.15) is 11.5 Å². The zero-order valence-electron chi connectivity index (χ0n) is 11.4. The Hall–Kier alpha value is -0.980. The molecule has 1 aromatic heterocycles. The summed E-state index contributed by atoms with van der Waals surface area (Å²) in [7, 11) is 0. The van der Waals surface area contributed by atoms with Crippen LogP contribution in [0, 0.1) is 10.8 Å². The van der Waals surface area contributed by atoms with Crippen LogP contribution in [0.3, 0.4) is 0 Å². The highest BCUT2D eigenvalue weighted by Crippen LogP contribution is 2.23. The molecule has 0 fully saturated rings. The SMILES string of the molecule is CC(C)(C)/C=C/c1ccc(CC(C)(C)C)o1. The van der Waals surface area contributed by atoms with Crippen molar-refractivity contribution in [3.63, 3.8) is 0 Å². The summed E-state index contributed by atoms with van der Waals surface area (Å²) in [6, 6.07) is 4.12. The van der Waals surface area contributed by atoms with Crippen LogP contribution in [-0.4, -0.2) is 0 Å². The highest BCUT2D eigenvalue weighted by atomic mass is 16.3. The number of rotatable bonds is 2. The van der Waals surface area contributed by atoms with Crippen LogP contribution in [0.2, 0.25) is 0 Å². The van der Waals surface area contributed by atoms with Gasteiger partial charge in [0.25, 0.3) is 0 Å². The zero-order valence-corrected chi connectivity index (χ0v) is 11.4. The lowest BCUT2D eigenvalue weighted by atomic mass is 9.91. The van der Waals surface area contributed by atoms with Gasteiger partial charge in [0.05, 0.1) is 0 Å². The van der Waals surface area contributed by atoms with Gasteiger partial charge in [-0.15, -0.1) is 0 Å². The number of furan rings is 1. The van der Waals surface area contributed by atoms with Crippen LogP contribution in [0.25, 0.3) is 6.08 Å². The average Bonchev–Trinajstić information content (AvgIpc) is 2.44. The Kier molecular flexibility index (Phi) is 3.67. The van der Waals surface area contributed by atoms with E-state index < -0.39 is 0 Å². The molecule has 90 valence electrons. The van der Waals surface area contributed by atoms with E-state index in [4.69, 9.17) is 4.42 Å². The van der Waals surface area contributed by atoms with E-state index in [0.717, 1.165) is 17.9 Å². The highest BCUT2D eigenvalue weighted by molar-refractivity contribution is 5.44. The summed E-state index contributed by atoms with van der Waals surface area (Å²) >= 11 is 0. The van der Waals surface area contributed by atoms with E-state index in [1.165, 1.54) is 0 Å². The number of hydrogen-bond donors (Lipinski definition) is 0. The molecule has 1 rings (SSSR count). The van der Waals surface area contributed by atoms with E-state index in [-0.39, 0.29) is 10.8 Å². The summed E-state index contributed by atoms with van der Waals surface area (Å²) in [6.07, 6.45) is 5.22. The van der Waals surface area contributed by atoms with Gasteiger partial charge in [0.2, 0.25) is 0 Å². The molecule has 1 heterocycles. The fraction of sp³-hybridized carbons (Fsp3) is 0.600. The summed E-state index contributed by atoms with van der Waals surface area (Å²) in [6.45, 7) is 13.2. The molecule has 0 bridgehead atoms. The van der Waals surface area contributed by atoms with E-state index >= 15 is 0 Å².